The minimum atomic E-state index is -0.950. The van der Waals surface area contributed by atoms with Crippen LogP contribution in [0.15, 0.2) is 42.5 Å². The number of ether oxygens (including phenoxy) is 3. The van der Waals surface area contributed by atoms with Gasteiger partial charge in [0.2, 0.25) is 11.9 Å². The number of nitrogens with one attached hydrogen (secondary N) is 2. The van der Waals surface area contributed by atoms with E-state index < -0.39 is 11.9 Å². The number of anilines is 3. The minimum Gasteiger partial charge on any atom is -0.494 e. The summed E-state index contributed by atoms with van der Waals surface area (Å²) in [4.78, 5) is 39.1. The van der Waals surface area contributed by atoms with Crippen LogP contribution in [0.2, 0.25) is 0 Å². The summed E-state index contributed by atoms with van der Waals surface area (Å²) >= 11 is 0. The Hall–Kier alpha value is -4.45. The number of carbonyl (C=O) groups is 2. The van der Waals surface area contributed by atoms with Crippen LogP contribution in [0, 0.1) is 5.92 Å². The average Bonchev–Trinajstić information content (AvgIpc) is 3.05. The van der Waals surface area contributed by atoms with E-state index in [1.807, 2.05) is 31.2 Å². The largest absolute Gasteiger partial charge is 0.494 e. The van der Waals surface area contributed by atoms with Gasteiger partial charge >= 0.3 is 12.0 Å². The zero-order valence-electron chi connectivity index (χ0n) is 29.5. The lowest BCUT2D eigenvalue weighted by Gasteiger charge is -2.24. The van der Waals surface area contributed by atoms with E-state index in [1.165, 1.54) is 0 Å². The summed E-state index contributed by atoms with van der Waals surface area (Å²) < 4.78 is 18.6. The number of carboxylic acid groups (broad SMARTS) is 1. The summed E-state index contributed by atoms with van der Waals surface area (Å²) in [5.74, 6) is -0.116. The van der Waals surface area contributed by atoms with Crippen molar-refractivity contribution in [2.75, 3.05) is 58.1 Å². The molecule has 0 unspecified atom stereocenters. The standard InChI is InChI=1S/C37H52N6O6/c1-5-47-37-41-35-38-26-27-15-18-30(19-16-27)48-22-12-8-6-7-9-13-23-49-33-25-29(39-36(40-35)42-37)17-20-31(33)32(44)24-28(34(45)46)14-10-11-21-43(2,3)4/h15-20,25,28H,5-14,21-24,26H2,1-4H3,(H2-,38,39,40,41,42,44,45,46)/p+1/t28-/m1/s1. The van der Waals surface area contributed by atoms with Crippen molar-refractivity contribution in [3.63, 3.8) is 0 Å². The summed E-state index contributed by atoms with van der Waals surface area (Å²) in [6.45, 7) is 4.77. The molecule has 2 aliphatic heterocycles. The Bertz CT molecular complexity index is 1490. The van der Waals surface area contributed by atoms with Gasteiger partial charge in [0.25, 0.3) is 0 Å². The van der Waals surface area contributed by atoms with E-state index in [0.29, 0.717) is 55.7 Å². The molecule has 0 spiro atoms. The molecule has 3 aromatic rings. The number of aromatic nitrogens is 3. The summed E-state index contributed by atoms with van der Waals surface area (Å²) in [5.41, 5.74) is 2.01. The third kappa shape index (κ3) is 13.2. The zero-order chi connectivity index (χ0) is 35.1. The van der Waals surface area contributed by atoms with Crippen LogP contribution in [-0.2, 0) is 11.3 Å². The van der Waals surface area contributed by atoms with Gasteiger partial charge in [0, 0.05) is 24.7 Å². The molecule has 0 fully saturated rings. The lowest BCUT2D eigenvalue weighted by Crippen LogP contribution is -2.35. The van der Waals surface area contributed by atoms with E-state index in [4.69, 9.17) is 14.2 Å². The summed E-state index contributed by atoms with van der Waals surface area (Å²) in [5, 5.41) is 16.4. The van der Waals surface area contributed by atoms with Crippen molar-refractivity contribution >= 4 is 29.3 Å². The van der Waals surface area contributed by atoms with Crippen LogP contribution < -0.4 is 24.8 Å². The van der Waals surface area contributed by atoms with Crippen LogP contribution in [0.4, 0.5) is 17.6 Å². The number of aliphatic carboxylic acids is 1. The highest BCUT2D eigenvalue weighted by atomic mass is 16.5. The predicted molar refractivity (Wildman–Crippen MR) is 190 cm³/mol. The fourth-order valence-electron chi connectivity index (χ4n) is 5.56. The molecule has 6 bridgehead atoms. The molecular weight excluding hydrogens is 624 g/mol. The van der Waals surface area contributed by atoms with Crippen LogP contribution in [-0.4, -0.2) is 83.8 Å². The molecule has 1 aromatic heterocycles. The molecule has 49 heavy (non-hydrogen) atoms. The molecule has 0 radical (unpaired) electrons. The summed E-state index contributed by atoms with van der Waals surface area (Å²) in [6, 6.07) is 13.3. The van der Waals surface area contributed by atoms with E-state index >= 15 is 0 Å². The molecule has 1 atom stereocenters. The van der Waals surface area contributed by atoms with Crippen molar-refractivity contribution < 1.29 is 33.4 Å². The highest BCUT2D eigenvalue weighted by molar-refractivity contribution is 6.00. The first-order chi connectivity index (χ1) is 23.6. The molecule has 0 saturated heterocycles. The Labute approximate surface area is 290 Å². The Morgan fingerprint density at radius 2 is 1.59 bits per heavy atom. The number of Topliss-reactive ketones (excluding diaryl/α,β-unsaturated/α-hetero) is 1. The third-order valence-corrected chi connectivity index (χ3v) is 8.28. The van der Waals surface area contributed by atoms with Gasteiger partial charge in [0.05, 0.1) is 59.0 Å². The molecule has 5 rings (SSSR count). The van der Waals surface area contributed by atoms with E-state index in [1.54, 1.807) is 18.2 Å². The van der Waals surface area contributed by atoms with Crippen molar-refractivity contribution in [2.24, 2.45) is 5.92 Å². The molecule has 0 saturated carbocycles. The van der Waals surface area contributed by atoms with Gasteiger partial charge in [-0.1, -0.05) is 37.8 Å². The van der Waals surface area contributed by atoms with E-state index in [-0.39, 0.29) is 24.2 Å². The van der Waals surface area contributed by atoms with Gasteiger partial charge in [0.15, 0.2) is 5.78 Å². The van der Waals surface area contributed by atoms with E-state index in [9.17, 15) is 14.7 Å². The first-order valence-electron chi connectivity index (χ1n) is 17.5. The van der Waals surface area contributed by atoms with Crippen LogP contribution in [0.25, 0.3) is 0 Å². The van der Waals surface area contributed by atoms with Gasteiger partial charge in [-0.05, 0) is 68.9 Å². The van der Waals surface area contributed by atoms with Crippen LogP contribution in [0.3, 0.4) is 0 Å². The van der Waals surface area contributed by atoms with Crippen LogP contribution in [0.5, 0.6) is 17.5 Å². The molecule has 0 amide bonds. The number of rotatable bonds is 11. The summed E-state index contributed by atoms with van der Waals surface area (Å²) in [6.07, 6.45) is 8.11. The predicted octanol–water partition coefficient (Wildman–Crippen LogP) is 6.89. The first-order valence-corrected chi connectivity index (χ1v) is 17.5. The number of unbranched alkanes of at least 4 members (excludes halogenated alkanes) is 1. The number of hydrogen-bond donors (Lipinski definition) is 3. The number of hydrogen-bond acceptors (Lipinski definition) is 10. The maximum absolute atomic E-state index is 13.6. The normalized spacial score (nSPS) is 15.1. The topological polar surface area (TPSA) is 145 Å². The average molecular weight is 678 g/mol. The molecule has 3 N–H and O–H groups in total. The second-order valence-electron chi connectivity index (χ2n) is 13.5. The number of nitrogens with zero attached hydrogens (tertiary/aromatic N) is 4. The van der Waals surface area contributed by atoms with Crippen molar-refractivity contribution in [1.82, 2.24) is 15.0 Å². The highest BCUT2D eigenvalue weighted by Gasteiger charge is 2.24. The summed E-state index contributed by atoms with van der Waals surface area (Å²) in [7, 11) is 6.34. The molecular formula is C37H53N6O6+. The molecule has 12 heteroatoms. The monoisotopic (exact) mass is 677 g/mol. The number of carbonyl (C=O) groups excluding carboxylic acids is 1. The number of benzene rings is 2. The molecule has 266 valence electrons. The Balaban J connectivity index is 1.55. The maximum Gasteiger partial charge on any atom is 0.323 e. The fraction of sp³-hybridized carbons (Fsp3) is 0.541. The van der Waals surface area contributed by atoms with Crippen molar-refractivity contribution in [2.45, 2.75) is 77.7 Å². The molecule has 0 aliphatic carbocycles. The van der Waals surface area contributed by atoms with Gasteiger partial charge in [-0.3, -0.25) is 9.59 Å². The van der Waals surface area contributed by atoms with Crippen LogP contribution >= 0.6 is 0 Å². The second kappa shape index (κ2) is 18.9. The fourth-order valence-corrected chi connectivity index (χ4v) is 5.56. The Morgan fingerprint density at radius 3 is 2.29 bits per heavy atom. The van der Waals surface area contributed by atoms with Gasteiger partial charge in [0.1, 0.15) is 11.5 Å². The zero-order valence-corrected chi connectivity index (χ0v) is 29.5. The van der Waals surface area contributed by atoms with Gasteiger partial charge < -0.3 is 34.4 Å². The Kier molecular flexibility index (Phi) is 14.4. The number of ketones is 1. The van der Waals surface area contributed by atoms with E-state index in [0.717, 1.165) is 73.7 Å². The first kappa shape index (κ1) is 37.4. The number of fused-ring (bicyclic) bond motifs is 12. The maximum atomic E-state index is 13.6. The highest BCUT2D eigenvalue weighted by Crippen LogP contribution is 2.29. The molecule has 12 nitrogen and oxygen atoms in total. The van der Waals surface area contributed by atoms with Crippen LogP contribution in [0.1, 0.15) is 87.1 Å². The van der Waals surface area contributed by atoms with Crippen molar-refractivity contribution in [1.29, 1.82) is 0 Å². The second-order valence-corrected chi connectivity index (χ2v) is 13.5. The third-order valence-electron chi connectivity index (χ3n) is 8.28. The van der Waals surface area contributed by atoms with Gasteiger partial charge in [-0.25, -0.2) is 0 Å². The molecule has 2 aliphatic rings. The quantitative estimate of drug-likeness (QED) is 0.111. The van der Waals surface area contributed by atoms with Gasteiger partial charge in [-0.2, -0.15) is 15.0 Å². The molecule has 2 aromatic carbocycles. The minimum absolute atomic E-state index is 0.0879. The SMILES string of the molecule is CCOc1nc2nc(n1)Nc1ccc(C(=O)C[C@@H](CCCC[N+](C)(C)C)C(=O)O)c(c1)OCCCCCCCCOc1ccc(cc1)CN2. The van der Waals surface area contributed by atoms with E-state index in [2.05, 4.69) is 46.7 Å². The molecule has 3 heterocycles. The van der Waals surface area contributed by atoms with Gasteiger partial charge in [-0.15, -0.1) is 0 Å². The lowest BCUT2D eigenvalue weighted by atomic mass is 9.93. The Morgan fingerprint density at radius 1 is 0.898 bits per heavy atom. The lowest BCUT2D eigenvalue weighted by molar-refractivity contribution is -0.870. The number of quaternary nitrogens is 1. The van der Waals surface area contributed by atoms with Crippen molar-refractivity contribution in [3.05, 3.63) is 53.6 Å². The smallest absolute Gasteiger partial charge is 0.323 e. The van der Waals surface area contributed by atoms with Crippen molar-refractivity contribution in [3.8, 4) is 17.5 Å². The number of carboxylic acids is 1.